The SMILES string of the molecule is CC(=O)[C@H](C)NC(=O)OC1CCOCC1. The number of hydrogen-bond acceptors (Lipinski definition) is 4. The number of carbonyl (C=O) groups is 2. The van der Waals surface area contributed by atoms with Gasteiger partial charge in [-0.15, -0.1) is 0 Å². The highest BCUT2D eigenvalue weighted by molar-refractivity contribution is 5.84. The summed E-state index contributed by atoms with van der Waals surface area (Å²) in [6.07, 6.45) is 0.839. The third kappa shape index (κ3) is 4.29. The van der Waals surface area contributed by atoms with Gasteiger partial charge in [0.1, 0.15) is 6.10 Å². The van der Waals surface area contributed by atoms with Crippen LogP contribution in [0.3, 0.4) is 0 Å². The summed E-state index contributed by atoms with van der Waals surface area (Å²) in [6.45, 7) is 4.31. The number of alkyl carbamates (subject to hydrolysis) is 1. The van der Waals surface area contributed by atoms with Crippen molar-refractivity contribution in [2.45, 2.75) is 38.8 Å². The molecule has 0 aromatic rings. The average Bonchev–Trinajstić information content (AvgIpc) is 2.18. The molecule has 1 rings (SSSR count). The number of hydrogen-bond donors (Lipinski definition) is 1. The van der Waals surface area contributed by atoms with Crippen molar-refractivity contribution in [2.75, 3.05) is 13.2 Å². The lowest BCUT2D eigenvalue weighted by atomic mass is 10.2. The quantitative estimate of drug-likeness (QED) is 0.758. The number of amides is 1. The van der Waals surface area contributed by atoms with Crippen LogP contribution in [0.4, 0.5) is 4.79 Å². The molecule has 1 aliphatic rings. The Morgan fingerprint density at radius 1 is 1.40 bits per heavy atom. The van der Waals surface area contributed by atoms with Crippen LogP contribution in [0, 0.1) is 0 Å². The van der Waals surface area contributed by atoms with Gasteiger partial charge in [-0.2, -0.15) is 0 Å². The first kappa shape index (κ1) is 12.0. The smallest absolute Gasteiger partial charge is 0.407 e. The summed E-state index contributed by atoms with van der Waals surface area (Å²) in [5.41, 5.74) is 0. The second-order valence-electron chi connectivity index (χ2n) is 3.69. The van der Waals surface area contributed by atoms with E-state index in [1.807, 2.05) is 0 Å². The van der Waals surface area contributed by atoms with E-state index >= 15 is 0 Å². The molecule has 1 aliphatic heterocycles. The zero-order valence-electron chi connectivity index (χ0n) is 9.12. The first-order valence-corrected chi connectivity index (χ1v) is 5.15. The maximum Gasteiger partial charge on any atom is 0.407 e. The van der Waals surface area contributed by atoms with Crippen molar-refractivity contribution < 1.29 is 19.1 Å². The zero-order chi connectivity index (χ0) is 11.3. The predicted molar refractivity (Wildman–Crippen MR) is 53.6 cm³/mol. The molecule has 15 heavy (non-hydrogen) atoms. The Bertz CT molecular complexity index is 236. The summed E-state index contributed by atoms with van der Waals surface area (Å²) in [6, 6.07) is -0.489. The maximum absolute atomic E-state index is 11.3. The summed E-state index contributed by atoms with van der Waals surface area (Å²) < 4.78 is 10.3. The van der Waals surface area contributed by atoms with Crippen LogP contribution in [0.1, 0.15) is 26.7 Å². The van der Waals surface area contributed by atoms with Crippen LogP contribution in [-0.4, -0.2) is 37.2 Å². The molecule has 0 unspecified atom stereocenters. The summed E-state index contributed by atoms with van der Waals surface area (Å²) >= 11 is 0. The molecule has 0 aromatic carbocycles. The highest BCUT2D eigenvalue weighted by Gasteiger charge is 2.19. The van der Waals surface area contributed by atoms with Crippen LogP contribution in [-0.2, 0) is 14.3 Å². The van der Waals surface area contributed by atoms with Crippen molar-refractivity contribution in [3.63, 3.8) is 0 Å². The van der Waals surface area contributed by atoms with Crippen molar-refractivity contribution >= 4 is 11.9 Å². The van der Waals surface area contributed by atoms with Crippen LogP contribution in [0.2, 0.25) is 0 Å². The van der Waals surface area contributed by atoms with Gasteiger partial charge in [0.25, 0.3) is 0 Å². The highest BCUT2D eigenvalue weighted by atomic mass is 16.6. The Kier molecular flexibility index (Phi) is 4.55. The van der Waals surface area contributed by atoms with E-state index in [9.17, 15) is 9.59 Å². The number of carbonyl (C=O) groups excluding carboxylic acids is 2. The number of ketones is 1. The average molecular weight is 215 g/mol. The minimum absolute atomic E-state index is 0.0843. The molecule has 5 nitrogen and oxygen atoms in total. The maximum atomic E-state index is 11.3. The highest BCUT2D eigenvalue weighted by Crippen LogP contribution is 2.10. The van der Waals surface area contributed by atoms with E-state index in [4.69, 9.17) is 9.47 Å². The molecule has 0 bridgehead atoms. The summed E-state index contributed by atoms with van der Waals surface area (Å²) in [7, 11) is 0. The van der Waals surface area contributed by atoms with Crippen LogP contribution in [0.15, 0.2) is 0 Å². The standard InChI is InChI=1S/C10H17NO4/c1-7(8(2)12)11-10(13)15-9-3-5-14-6-4-9/h7,9H,3-6H2,1-2H3,(H,11,13)/t7-/m0/s1. The molecule has 5 heteroatoms. The lowest BCUT2D eigenvalue weighted by molar-refractivity contribution is -0.118. The Morgan fingerprint density at radius 3 is 2.53 bits per heavy atom. The molecule has 0 aliphatic carbocycles. The van der Waals surface area contributed by atoms with E-state index in [0.717, 1.165) is 12.8 Å². The predicted octanol–water partition coefficient (Wildman–Crippen LogP) is 0.869. The normalized spacial score (nSPS) is 19.3. The molecule has 1 heterocycles. The van der Waals surface area contributed by atoms with Gasteiger partial charge in [-0.3, -0.25) is 4.79 Å². The van der Waals surface area contributed by atoms with Crippen molar-refractivity contribution in [2.24, 2.45) is 0 Å². The van der Waals surface area contributed by atoms with Gasteiger partial charge in [-0.05, 0) is 13.8 Å². The van der Waals surface area contributed by atoms with E-state index in [1.165, 1.54) is 6.92 Å². The van der Waals surface area contributed by atoms with Gasteiger partial charge in [-0.25, -0.2) is 4.79 Å². The molecule has 0 radical (unpaired) electrons. The summed E-state index contributed by atoms with van der Waals surface area (Å²) in [5.74, 6) is -0.0843. The molecule has 1 atom stereocenters. The topological polar surface area (TPSA) is 64.6 Å². The molecule has 0 aromatic heterocycles. The molecule has 0 spiro atoms. The van der Waals surface area contributed by atoms with Gasteiger partial charge in [0.15, 0.2) is 5.78 Å². The minimum atomic E-state index is -0.524. The molecule has 86 valence electrons. The first-order chi connectivity index (χ1) is 7.09. The fourth-order valence-corrected chi connectivity index (χ4v) is 1.26. The molecular weight excluding hydrogens is 198 g/mol. The summed E-state index contributed by atoms with van der Waals surface area (Å²) in [5, 5.41) is 2.48. The molecule has 0 saturated carbocycles. The molecule has 1 N–H and O–H groups in total. The number of Topliss-reactive ketones (excluding diaryl/α,β-unsaturated/α-hetero) is 1. The monoisotopic (exact) mass is 215 g/mol. The van der Waals surface area contributed by atoms with Crippen LogP contribution < -0.4 is 5.32 Å². The molecule has 1 saturated heterocycles. The van der Waals surface area contributed by atoms with Gasteiger partial charge >= 0.3 is 6.09 Å². The lowest BCUT2D eigenvalue weighted by Gasteiger charge is -2.23. The Morgan fingerprint density at radius 2 is 2.00 bits per heavy atom. The summed E-state index contributed by atoms with van der Waals surface area (Å²) in [4.78, 5) is 22.2. The van der Waals surface area contributed by atoms with E-state index in [0.29, 0.717) is 13.2 Å². The van der Waals surface area contributed by atoms with Gasteiger partial charge in [0.05, 0.1) is 19.3 Å². The number of ether oxygens (including phenoxy) is 2. The van der Waals surface area contributed by atoms with Gasteiger partial charge in [-0.1, -0.05) is 0 Å². The lowest BCUT2D eigenvalue weighted by Crippen LogP contribution is -2.40. The van der Waals surface area contributed by atoms with Crippen LogP contribution in [0.5, 0.6) is 0 Å². The van der Waals surface area contributed by atoms with Crippen molar-refractivity contribution in [3.05, 3.63) is 0 Å². The third-order valence-electron chi connectivity index (χ3n) is 2.39. The molecule has 1 amide bonds. The zero-order valence-corrected chi connectivity index (χ0v) is 9.12. The van der Waals surface area contributed by atoms with Gasteiger partial charge in [0.2, 0.25) is 0 Å². The second kappa shape index (κ2) is 5.70. The largest absolute Gasteiger partial charge is 0.446 e. The Labute approximate surface area is 89.1 Å². The van der Waals surface area contributed by atoms with Crippen molar-refractivity contribution in [3.8, 4) is 0 Å². The van der Waals surface area contributed by atoms with Gasteiger partial charge < -0.3 is 14.8 Å². The number of rotatable bonds is 3. The fourth-order valence-electron chi connectivity index (χ4n) is 1.26. The minimum Gasteiger partial charge on any atom is -0.446 e. The molecular formula is C10H17NO4. The van der Waals surface area contributed by atoms with E-state index in [1.54, 1.807) is 6.92 Å². The Hall–Kier alpha value is -1.10. The van der Waals surface area contributed by atoms with E-state index < -0.39 is 12.1 Å². The Balaban J connectivity index is 2.25. The second-order valence-corrected chi connectivity index (χ2v) is 3.69. The van der Waals surface area contributed by atoms with Crippen molar-refractivity contribution in [1.82, 2.24) is 5.32 Å². The van der Waals surface area contributed by atoms with E-state index in [2.05, 4.69) is 5.32 Å². The van der Waals surface area contributed by atoms with Crippen molar-refractivity contribution in [1.29, 1.82) is 0 Å². The first-order valence-electron chi connectivity index (χ1n) is 5.15. The van der Waals surface area contributed by atoms with E-state index in [-0.39, 0.29) is 11.9 Å². The van der Waals surface area contributed by atoms with Gasteiger partial charge in [0, 0.05) is 12.8 Å². The fraction of sp³-hybridized carbons (Fsp3) is 0.800. The third-order valence-corrected chi connectivity index (χ3v) is 2.39. The number of nitrogens with one attached hydrogen (secondary N) is 1. The molecule has 1 fully saturated rings. The van der Waals surface area contributed by atoms with Crippen LogP contribution >= 0.6 is 0 Å². The van der Waals surface area contributed by atoms with Crippen LogP contribution in [0.25, 0.3) is 0 Å².